The fourth-order valence-corrected chi connectivity index (χ4v) is 2.56. The van der Waals surface area contributed by atoms with Crippen LogP contribution in [0.3, 0.4) is 0 Å². The van der Waals surface area contributed by atoms with Gasteiger partial charge in [-0.15, -0.1) is 0 Å². The third kappa shape index (κ3) is 2.72. The van der Waals surface area contributed by atoms with Crippen LogP contribution in [0.1, 0.15) is 22.6 Å². The molecule has 22 heavy (non-hydrogen) atoms. The van der Waals surface area contributed by atoms with Crippen LogP contribution in [-0.4, -0.2) is 15.2 Å². The highest BCUT2D eigenvalue weighted by molar-refractivity contribution is 5.52. The monoisotopic (exact) mass is 292 g/mol. The number of pyridine rings is 1. The summed E-state index contributed by atoms with van der Waals surface area (Å²) in [4.78, 5) is 4.17. The first-order valence-corrected chi connectivity index (χ1v) is 6.93. The number of phenols is 2. The molecule has 1 aromatic heterocycles. The van der Waals surface area contributed by atoms with Gasteiger partial charge < -0.3 is 15.9 Å². The van der Waals surface area contributed by atoms with Crippen molar-refractivity contribution < 1.29 is 10.2 Å². The molecular formula is C18H16N2O2. The quantitative estimate of drug-likeness (QED) is 0.692. The Balaban J connectivity index is 2.16. The summed E-state index contributed by atoms with van der Waals surface area (Å²) in [6, 6.07) is 17.8. The minimum Gasteiger partial charge on any atom is -0.508 e. The molecular weight excluding hydrogens is 276 g/mol. The van der Waals surface area contributed by atoms with Crippen LogP contribution in [0, 0.1) is 0 Å². The Morgan fingerprint density at radius 1 is 0.773 bits per heavy atom. The van der Waals surface area contributed by atoms with Crippen molar-refractivity contribution in [2.75, 3.05) is 5.73 Å². The summed E-state index contributed by atoms with van der Waals surface area (Å²) < 4.78 is 0. The topological polar surface area (TPSA) is 79.4 Å². The predicted molar refractivity (Wildman–Crippen MR) is 85.8 cm³/mol. The number of hydrogen-bond donors (Lipinski definition) is 3. The van der Waals surface area contributed by atoms with Crippen molar-refractivity contribution in [3.05, 3.63) is 83.6 Å². The van der Waals surface area contributed by atoms with Gasteiger partial charge in [0, 0.05) is 17.7 Å². The van der Waals surface area contributed by atoms with Gasteiger partial charge >= 0.3 is 0 Å². The Kier molecular flexibility index (Phi) is 3.66. The lowest BCUT2D eigenvalue weighted by Crippen LogP contribution is -2.07. The Hall–Kier alpha value is -3.01. The number of benzene rings is 2. The minimum absolute atomic E-state index is 0.116. The van der Waals surface area contributed by atoms with E-state index in [2.05, 4.69) is 4.98 Å². The summed E-state index contributed by atoms with van der Waals surface area (Å²) in [6.45, 7) is 0. The molecule has 110 valence electrons. The molecule has 4 N–H and O–H groups in total. The van der Waals surface area contributed by atoms with Crippen LogP contribution in [0.15, 0.2) is 66.9 Å². The second-order valence-corrected chi connectivity index (χ2v) is 5.09. The van der Waals surface area contributed by atoms with E-state index < -0.39 is 0 Å². The minimum atomic E-state index is -0.116. The van der Waals surface area contributed by atoms with Gasteiger partial charge in [0.15, 0.2) is 0 Å². The third-order valence-electron chi connectivity index (χ3n) is 3.64. The third-order valence-corrected chi connectivity index (χ3v) is 3.64. The second-order valence-electron chi connectivity index (χ2n) is 5.09. The summed E-state index contributed by atoms with van der Waals surface area (Å²) in [6.07, 6.45) is 1.66. The van der Waals surface area contributed by atoms with Gasteiger partial charge in [-0.2, -0.15) is 0 Å². The van der Waals surface area contributed by atoms with Crippen LogP contribution in [-0.2, 0) is 0 Å². The lowest BCUT2D eigenvalue weighted by Gasteiger charge is -2.20. The van der Waals surface area contributed by atoms with Crippen LogP contribution in [0.4, 0.5) is 5.82 Å². The van der Waals surface area contributed by atoms with Crippen molar-refractivity contribution in [1.82, 2.24) is 4.98 Å². The molecule has 0 saturated heterocycles. The van der Waals surface area contributed by atoms with Crippen molar-refractivity contribution in [3.8, 4) is 11.5 Å². The zero-order chi connectivity index (χ0) is 15.5. The van der Waals surface area contributed by atoms with Crippen molar-refractivity contribution in [2.45, 2.75) is 5.92 Å². The van der Waals surface area contributed by atoms with Gasteiger partial charge in [-0.3, -0.25) is 0 Å². The molecule has 4 heteroatoms. The molecule has 3 rings (SSSR count). The summed E-state index contributed by atoms with van der Waals surface area (Å²) in [5.74, 6) is 0.781. The lowest BCUT2D eigenvalue weighted by atomic mass is 9.85. The largest absolute Gasteiger partial charge is 0.508 e. The number of aromatic hydroxyl groups is 2. The van der Waals surface area contributed by atoms with Crippen LogP contribution in [0.25, 0.3) is 0 Å². The van der Waals surface area contributed by atoms with Gasteiger partial charge in [-0.05, 0) is 41.5 Å². The van der Waals surface area contributed by atoms with Crippen LogP contribution in [0.5, 0.6) is 11.5 Å². The van der Waals surface area contributed by atoms with E-state index in [1.165, 1.54) is 0 Å². The maximum absolute atomic E-state index is 9.50. The van der Waals surface area contributed by atoms with Gasteiger partial charge in [-0.25, -0.2) is 4.98 Å². The Morgan fingerprint density at radius 2 is 1.27 bits per heavy atom. The van der Waals surface area contributed by atoms with Gasteiger partial charge in [0.2, 0.25) is 0 Å². The van der Waals surface area contributed by atoms with E-state index in [1.54, 1.807) is 30.5 Å². The number of nitrogen functional groups attached to an aromatic ring is 1. The molecule has 0 aliphatic carbocycles. The van der Waals surface area contributed by atoms with Crippen molar-refractivity contribution >= 4 is 5.82 Å². The molecule has 0 aliphatic heterocycles. The molecule has 1 heterocycles. The number of nitrogens with zero attached hydrogens (tertiary/aromatic N) is 1. The smallest absolute Gasteiger partial charge is 0.127 e. The Bertz CT molecular complexity index is 722. The van der Waals surface area contributed by atoms with Crippen molar-refractivity contribution in [2.24, 2.45) is 0 Å². The maximum atomic E-state index is 9.50. The van der Waals surface area contributed by atoms with E-state index in [-0.39, 0.29) is 17.4 Å². The fourth-order valence-electron chi connectivity index (χ4n) is 2.56. The fraction of sp³-hybridized carbons (Fsp3) is 0.0556. The first kappa shape index (κ1) is 13.9. The molecule has 3 aromatic rings. The molecule has 0 saturated carbocycles. The van der Waals surface area contributed by atoms with Gasteiger partial charge in [0.05, 0.1) is 0 Å². The van der Waals surface area contributed by atoms with E-state index in [9.17, 15) is 10.2 Å². The maximum Gasteiger partial charge on any atom is 0.127 e. The number of anilines is 1. The highest BCUT2D eigenvalue weighted by atomic mass is 16.3. The molecule has 2 aromatic carbocycles. The molecule has 0 unspecified atom stereocenters. The Labute approximate surface area is 128 Å². The second kappa shape index (κ2) is 5.77. The zero-order valence-electron chi connectivity index (χ0n) is 11.8. The molecule has 4 nitrogen and oxygen atoms in total. The molecule has 0 amide bonds. The molecule has 0 atom stereocenters. The first-order valence-electron chi connectivity index (χ1n) is 6.93. The summed E-state index contributed by atoms with van der Waals surface area (Å²) >= 11 is 0. The predicted octanol–water partition coefficient (Wildman–Crippen LogP) is 3.26. The number of hydrogen-bond acceptors (Lipinski definition) is 4. The molecule has 0 bridgehead atoms. The van der Waals surface area contributed by atoms with Crippen molar-refractivity contribution in [3.63, 3.8) is 0 Å². The number of phenolic OH excluding ortho intramolecular Hbond substituents is 2. The highest BCUT2D eigenvalue weighted by Crippen LogP contribution is 2.35. The first-order chi connectivity index (χ1) is 10.6. The molecule has 0 fully saturated rings. The summed E-state index contributed by atoms with van der Waals surface area (Å²) in [5.41, 5.74) is 8.91. The van der Waals surface area contributed by atoms with Crippen LogP contribution < -0.4 is 5.73 Å². The van der Waals surface area contributed by atoms with Gasteiger partial charge in [-0.1, -0.05) is 30.3 Å². The Morgan fingerprint density at radius 3 is 1.73 bits per heavy atom. The lowest BCUT2D eigenvalue weighted by molar-refractivity contribution is 0.475. The van der Waals surface area contributed by atoms with Crippen LogP contribution >= 0.6 is 0 Å². The van der Waals surface area contributed by atoms with Gasteiger partial charge in [0.25, 0.3) is 0 Å². The van der Waals surface area contributed by atoms with Gasteiger partial charge in [0.1, 0.15) is 17.3 Å². The summed E-state index contributed by atoms with van der Waals surface area (Å²) in [7, 11) is 0. The highest BCUT2D eigenvalue weighted by Gasteiger charge is 2.19. The summed E-state index contributed by atoms with van der Waals surface area (Å²) in [5, 5.41) is 19.0. The average molecular weight is 292 g/mol. The SMILES string of the molecule is Nc1ncccc1C(c1ccc(O)cc1)c1ccc(O)cc1. The average Bonchev–Trinajstić information content (AvgIpc) is 2.53. The van der Waals surface area contributed by atoms with E-state index in [1.807, 2.05) is 36.4 Å². The zero-order valence-corrected chi connectivity index (χ0v) is 11.8. The van der Waals surface area contributed by atoms with E-state index in [0.29, 0.717) is 5.82 Å². The number of rotatable bonds is 3. The van der Waals surface area contributed by atoms with E-state index in [0.717, 1.165) is 16.7 Å². The standard InChI is InChI=1S/C18H16N2O2/c19-18-16(2-1-11-20-18)17(12-3-7-14(21)8-4-12)13-5-9-15(22)10-6-13/h1-11,17,21-22H,(H2,19,20). The van der Waals surface area contributed by atoms with Crippen molar-refractivity contribution in [1.29, 1.82) is 0 Å². The molecule has 0 aliphatic rings. The molecule has 0 spiro atoms. The number of aromatic nitrogens is 1. The molecule has 0 radical (unpaired) electrons. The van der Waals surface area contributed by atoms with Crippen LogP contribution in [0.2, 0.25) is 0 Å². The van der Waals surface area contributed by atoms with E-state index in [4.69, 9.17) is 5.73 Å². The normalized spacial score (nSPS) is 10.8. The van der Waals surface area contributed by atoms with E-state index >= 15 is 0 Å². The number of nitrogens with two attached hydrogens (primary N) is 1.